The van der Waals surface area contributed by atoms with Gasteiger partial charge in [-0.05, 0) is 36.4 Å². The van der Waals surface area contributed by atoms with E-state index in [1.165, 1.54) is 14.2 Å². The van der Waals surface area contributed by atoms with Crippen molar-refractivity contribution in [3.63, 3.8) is 0 Å². The van der Waals surface area contributed by atoms with Crippen molar-refractivity contribution in [2.75, 3.05) is 33.1 Å². The van der Waals surface area contributed by atoms with Crippen molar-refractivity contribution in [1.82, 2.24) is 10.6 Å². The monoisotopic (exact) mass is 371 g/mol. The standard InChI is InChI=1S/C19H21N3O5/c1-20-18(24)12-4-6-14(7-5-12)22-17(23)11-21-19(25)13-8-15(26-2)10-16(9-13)27-3/h4-10H,11H2,1-3H3,(H,20,24)(H,21,25)(H,22,23). The van der Waals surface area contributed by atoms with Crippen LogP contribution >= 0.6 is 0 Å². The molecule has 0 aromatic heterocycles. The number of anilines is 1. The summed E-state index contributed by atoms with van der Waals surface area (Å²) in [6.07, 6.45) is 0. The van der Waals surface area contributed by atoms with Gasteiger partial charge in [0.05, 0.1) is 20.8 Å². The minimum absolute atomic E-state index is 0.213. The molecule has 3 N–H and O–H groups in total. The van der Waals surface area contributed by atoms with Gasteiger partial charge >= 0.3 is 0 Å². The summed E-state index contributed by atoms with van der Waals surface area (Å²) in [6, 6.07) is 11.1. The third-order valence-corrected chi connectivity index (χ3v) is 3.68. The van der Waals surface area contributed by atoms with Crippen molar-refractivity contribution in [2.24, 2.45) is 0 Å². The van der Waals surface area contributed by atoms with Crippen LogP contribution in [0.25, 0.3) is 0 Å². The number of nitrogens with one attached hydrogen (secondary N) is 3. The second-order valence-corrected chi connectivity index (χ2v) is 5.49. The highest BCUT2D eigenvalue weighted by Crippen LogP contribution is 2.22. The number of hydrogen-bond acceptors (Lipinski definition) is 5. The number of hydrogen-bond donors (Lipinski definition) is 3. The fraction of sp³-hybridized carbons (Fsp3) is 0.211. The van der Waals surface area contributed by atoms with Gasteiger partial charge in [-0.25, -0.2) is 0 Å². The van der Waals surface area contributed by atoms with Crippen LogP contribution in [0.2, 0.25) is 0 Å². The zero-order chi connectivity index (χ0) is 19.8. The van der Waals surface area contributed by atoms with E-state index in [0.29, 0.717) is 28.3 Å². The fourth-order valence-electron chi connectivity index (χ4n) is 2.26. The first-order valence-electron chi connectivity index (χ1n) is 8.10. The lowest BCUT2D eigenvalue weighted by Crippen LogP contribution is -2.32. The SMILES string of the molecule is CNC(=O)c1ccc(NC(=O)CNC(=O)c2cc(OC)cc(OC)c2)cc1. The van der Waals surface area contributed by atoms with Gasteiger partial charge in [0.25, 0.3) is 11.8 Å². The molecule has 0 bridgehead atoms. The molecule has 0 aliphatic rings. The van der Waals surface area contributed by atoms with E-state index in [1.807, 2.05) is 0 Å². The second-order valence-electron chi connectivity index (χ2n) is 5.49. The highest BCUT2D eigenvalue weighted by atomic mass is 16.5. The number of benzene rings is 2. The molecule has 0 spiro atoms. The fourth-order valence-corrected chi connectivity index (χ4v) is 2.26. The molecule has 142 valence electrons. The zero-order valence-corrected chi connectivity index (χ0v) is 15.3. The third kappa shape index (κ3) is 5.46. The summed E-state index contributed by atoms with van der Waals surface area (Å²) in [5.41, 5.74) is 1.31. The van der Waals surface area contributed by atoms with E-state index in [1.54, 1.807) is 49.5 Å². The Morgan fingerprint density at radius 2 is 1.44 bits per heavy atom. The maximum atomic E-state index is 12.2. The Bertz CT molecular complexity index is 811. The molecule has 0 aliphatic carbocycles. The molecule has 0 fully saturated rings. The van der Waals surface area contributed by atoms with E-state index in [0.717, 1.165) is 0 Å². The van der Waals surface area contributed by atoms with Gasteiger partial charge in [-0.15, -0.1) is 0 Å². The average Bonchev–Trinajstić information content (AvgIpc) is 2.71. The van der Waals surface area contributed by atoms with Crippen molar-refractivity contribution in [1.29, 1.82) is 0 Å². The average molecular weight is 371 g/mol. The molecule has 0 atom stereocenters. The lowest BCUT2D eigenvalue weighted by Gasteiger charge is -2.10. The predicted octanol–water partition coefficient (Wildman–Crippen LogP) is 1.43. The Morgan fingerprint density at radius 3 is 1.96 bits per heavy atom. The molecule has 0 unspecified atom stereocenters. The summed E-state index contributed by atoms with van der Waals surface area (Å²) >= 11 is 0. The minimum Gasteiger partial charge on any atom is -0.497 e. The topological polar surface area (TPSA) is 106 Å². The van der Waals surface area contributed by atoms with Crippen LogP contribution in [-0.2, 0) is 4.79 Å². The summed E-state index contributed by atoms with van der Waals surface area (Å²) in [5, 5.41) is 7.69. The summed E-state index contributed by atoms with van der Waals surface area (Å²) in [5.74, 6) is -0.0996. The summed E-state index contributed by atoms with van der Waals surface area (Å²) in [6.45, 7) is -0.213. The molecule has 8 nitrogen and oxygen atoms in total. The molecular formula is C19H21N3O5. The summed E-state index contributed by atoms with van der Waals surface area (Å²) in [7, 11) is 4.51. The molecule has 0 radical (unpaired) electrons. The molecular weight excluding hydrogens is 350 g/mol. The van der Waals surface area contributed by atoms with Gasteiger partial charge in [-0.2, -0.15) is 0 Å². The largest absolute Gasteiger partial charge is 0.497 e. The van der Waals surface area contributed by atoms with Crippen LogP contribution in [0, 0.1) is 0 Å². The highest BCUT2D eigenvalue weighted by Gasteiger charge is 2.12. The third-order valence-electron chi connectivity index (χ3n) is 3.68. The van der Waals surface area contributed by atoms with Gasteiger partial charge in [0.2, 0.25) is 5.91 Å². The maximum Gasteiger partial charge on any atom is 0.251 e. The Labute approximate surface area is 156 Å². The van der Waals surface area contributed by atoms with Gasteiger partial charge in [0, 0.05) is 29.9 Å². The number of ether oxygens (including phenoxy) is 2. The summed E-state index contributed by atoms with van der Waals surface area (Å²) < 4.78 is 10.2. The van der Waals surface area contributed by atoms with Crippen LogP contribution in [0.5, 0.6) is 11.5 Å². The molecule has 2 rings (SSSR count). The van der Waals surface area contributed by atoms with Gasteiger partial charge in [0.15, 0.2) is 0 Å². The number of rotatable bonds is 7. The van der Waals surface area contributed by atoms with Gasteiger partial charge in [-0.1, -0.05) is 0 Å². The van der Waals surface area contributed by atoms with Crippen molar-refractivity contribution >= 4 is 23.4 Å². The first-order chi connectivity index (χ1) is 13.0. The highest BCUT2D eigenvalue weighted by molar-refractivity contribution is 6.00. The lowest BCUT2D eigenvalue weighted by molar-refractivity contribution is -0.115. The van der Waals surface area contributed by atoms with E-state index in [4.69, 9.17) is 9.47 Å². The van der Waals surface area contributed by atoms with Crippen molar-refractivity contribution < 1.29 is 23.9 Å². The Hall–Kier alpha value is -3.55. The van der Waals surface area contributed by atoms with Crippen LogP contribution in [0.4, 0.5) is 5.69 Å². The van der Waals surface area contributed by atoms with Crippen LogP contribution in [-0.4, -0.2) is 45.5 Å². The maximum absolute atomic E-state index is 12.2. The van der Waals surface area contributed by atoms with Crippen LogP contribution in [0.1, 0.15) is 20.7 Å². The van der Waals surface area contributed by atoms with E-state index >= 15 is 0 Å². The minimum atomic E-state index is -0.433. The first-order valence-corrected chi connectivity index (χ1v) is 8.10. The molecule has 0 saturated heterocycles. The number of methoxy groups -OCH3 is 2. The Morgan fingerprint density at radius 1 is 0.852 bits per heavy atom. The Kier molecular flexibility index (Phi) is 6.76. The van der Waals surface area contributed by atoms with E-state index in [-0.39, 0.29) is 12.5 Å². The number of carbonyl (C=O) groups is 3. The Balaban J connectivity index is 1.93. The second kappa shape index (κ2) is 9.23. The van der Waals surface area contributed by atoms with Gasteiger partial charge in [0.1, 0.15) is 11.5 Å². The van der Waals surface area contributed by atoms with Crippen LogP contribution in [0.15, 0.2) is 42.5 Å². The lowest BCUT2D eigenvalue weighted by atomic mass is 10.2. The predicted molar refractivity (Wildman–Crippen MR) is 100 cm³/mol. The quantitative estimate of drug-likeness (QED) is 0.683. The van der Waals surface area contributed by atoms with E-state index in [2.05, 4.69) is 16.0 Å². The number of amides is 3. The first kappa shape index (κ1) is 19.8. The molecule has 8 heteroatoms. The van der Waals surface area contributed by atoms with Crippen molar-refractivity contribution in [3.05, 3.63) is 53.6 Å². The molecule has 0 aliphatic heterocycles. The molecule has 2 aromatic carbocycles. The van der Waals surface area contributed by atoms with Gasteiger partial charge in [-0.3, -0.25) is 14.4 Å². The number of carbonyl (C=O) groups excluding carboxylic acids is 3. The van der Waals surface area contributed by atoms with Gasteiger partial charge < -0.3 is 25.4 Å². The van der Waals surface area contributed by atoms with E-state index < -0.39 is 11.8 Å². The van der Waals surface area contributed by atoms with Crippen LogP contribution < -0.4 is 25.4 Å². The van der Waals surface area contributed by atoms with Crippen molar-refractivity contribution in [3.8, 4) is 11.5 Å². The van der Waals surface area contributed by atoms with E-state index in [9.17, 15) is 14.4 Å². The normalized spacial score (nSPS) is 9.89. The van der Waals surface area contributed by atoms with Crippen molar-refractivity contribution in [2.45, 2.75) is 0 Å². The van der Waals surface area contributed by atoms with Crippen LogP contribution in [0.3, 0.4) is 0 Å². The zero-order valence-electron chi connectivity index (χ0n) is 15.3. The molecule has 2 aromatic rings. The summed E-state index contributed by atoms with van der Waals surface area (Å²) in [4.78, 5) is 35.7. The molecule has 3 amide bonds. The smallest absolute Gasteiger partial charge is 0.251 e. The molecule has 0 heterocycles. The molecule has 0 saturated carbocycles. The molecule has 27 heavy (non-hydrogen) atoms.